The Morgan fingerprint density at radius 1 is 1.36 bits per heavy atom. The van der Waals surface area contributed by atoms with E-state index in [1.807, 2.05) is 0 Å². The second-order valence-corrected chi connectivity index (χ2v) is 6.35. The molecule has 2 rings (SSSR count). The van der Waals surface area contributed by atoms with Gasteiger partial charge in [-0.1, -0.05) is 17.7 Å². The highest BCUT2D eigenvalue weighted by atomic mass is 35.5. The van der Waals surface area contributed by atoms with Crippen molar-refractivity contribution in [3.63, 3.8) is 0 Å². The number of furan rings is 1. The molecule has 22 heavy (non-hydrogen) atoms. The number of hydrogen-bond donors (Lipinski definition) is 1. The minimum atomic E-state index is -1.28. The maximum atomic E-state index is 12.2. The second-order valence-electron chi connectivity index (χ2n) is 4.46. The van der Waals surface area contributed by atoms with Crippen molar-refractivity contribution in [2.45, 2.75) is 10.6 Å². The summed E-state index contributed by atoms with van der Waals surface area (Å²) in [6.07, 6.45) is 0. The number of carbonyl (C=O) groups excluding carboxylic acids is 1. The van der Waals surface area contributed by atoms with Crippen LogP contribution in [0.2, 0.25) is 5.02 Å². The van der Waals surface area contributed by atoms with Crippen LogP contribution in [0.3, 0.4) is 0 Å². The Balaban J connectivity index is 1.97. The van der Waals surface area contributed by atoms with Gasteiger partial charge >= 0.3 is 0 Å². The largest absolute Gasteiger partial charge is 0.455 e. The van der Waals surface area contributed by atoms with Gasteiger partial charge in [0.25, 0.3) is 5.91 Å². The van der Waals surface area contributed by atoms with Crippen LogP contribution in [0.1, 0.15) is 16.3 Å². The first-order chi connectivity index (χ1) is 10.6. The quantitative estimate of drug-likeness (QED) is 0.786. The van der Waals surface area contributed by atoms with Crippen LogP contribution >= 0.6 is 11.6 Å². The lowest BCUT2D eigenvalue weighted by molar-refractivity contribution is 0.0908. The Kier molecular flexibility index (Phi) is 6.18. The molecule has 0 radical (unpaired) electrons. The van der Waals surface area contributed by atoms with Crippen LogP contribution in [-0.2, 0) is 21.3 Å². The molecule has 1 aromatic carbocycles. The molecule has 0 spiro atoms. The number of ether oxygens (including phenoxy) is 1. The molecule has 0 aliphatic heterocycles. The van der Waals surface area contributed by atoms with E-state index < -0.39 is 10.8 Å². The minimum absolute atomic E-state index is 0.186. The van der Waals surface area contributed by atoms with Crippen LogP contribution in [0, 0.1) is 0 Å². The van der Waals surface area contributed by atoms with Crippen molar-refractivity contribution in [3.05, 3.63) is 52.9 Å². The number of methoxy groups -OCH3 is 1. The smallest absolute Gasteiger partial charge is 0.287 e. The van der Waals surface area contributed by atoms with Crippen LogP contribution in [0.5, 0.6) is 0 Å². The number of benzene rings is 1. The van der Waals surface area contributed by atoms with Gasteiger partial charge in [0.05, 0.1) is 23.2 Å². The maximum Gasteiger partial charge on any atom is 0.287 e. The van der Waals surface area contributed by atoms with Crippen LogP contribution in [0.25, 0.3) is 0 Å². The average Bonchev–Trinajstić information content (AvgIpc) is 2.96. The number of hydrogen-bond acceptors (Lipinski definition) is 4. The van der Waals surface area contributed by atoms with Crippen LogP contribution in [0.15, 0.2) is 45.7 Å². The lowest BCUT2D eigenvalue weighted by atomic mass is 10.4. The molecule has 0 saturated carbocycles. The predicted molar refractivity (Wildman–Crippen MR) is 84.5 cm³/mol. The van der Waals surface area contributed by atoms with Crippen LogP contribution < -0.4 is 5.32 Å². The second kappa shape index (κ2) is 8.12. The third kappa shape index (κ3) is 4.69. The molecule has 1 aromatic heterocycles. The Morgan fingerprint density at radius 3 is 2.91 bits per heavy atom. The summed E-state index contributed by atoms with van der Waals surface area (Å²) in [6, 6.07) is 10.1. The summed E-state index contributed by atoms with van der Waals surface area (Å²) < 4.78 is 22.5. The maximum absolute atomic E-state index is 12.2. The molecule has 0 aliphatic carbocycles. The molecule has 0 aliphatic rings. The first kappa shape index (κ1) is 16.7. The summed E-state index contributed by atoms with van der Waals surface area (Å²) >= 11 is 5.88. The summed E-state index contributed by atoms with van der Waals surface area (Å²) in [4.78, 5) is 12.4. The summed E-state index contributed by atoms with van der Waals surface area (Å²) in [5.41, 5.74) is 0. The summed E-state index contributed by atoms with van der Waals surface area (Å²) in [5.74, 6) is 0.535. The van der Waals surface area contributed by atoms with E-state index in [1.54, 1.807) is 43.5 Å². The van der Waals surface area contributed by atoms with Crippen molar-refractivity contribution < 1.29 is 18.2 Å². The number of carbonyl (C=O) groups is 1. The minimum Gasteiger partial charge on any atom is -0.455 e. The van der Waals surface area contributed by atoms with Gasteiger partial charge in [0.2, 0.25) is 0 Å². The van der Waals surface area contributed by atoms with Crippen molar-refractivity contribution >= 4 is 28.3 Å². The number of rotatable bonds is 7. The van der Waals surface area contributed by atoms with Crippen molar-refractivity contribution in [2.24, 2.45) is 0 Å². The molecule has 0 unspecified atom stereocenters. The Hall–Kier alpha value is -1.63. The molecule has 0 fully saturated rings. The molecule has 1 atom stereocenters. The molecular formula is C15H16ClNO4S. The zero-order valence-corrected chi connectivity index (χ0v) is 13.6. The monoisotopic (exact) mass is 341 g/mol. The van der Waals surface area contributed by atoms with Gasteiger partial charge in [-0.25, -0.2) is 0 Å². The molecule has 1 N–H and O–H groups in total. The molecule has 0 bridgehead atoms. The van der Waals surface area contributed by atoms with E-state index in [-0.39, 0.29) is 17.4 Å². The highest BCUT2D eigenvalue weighted by molar-refractivity contribution is 7.84. The van der Waals surface area contributed by atoms with Gasteiger partial charge in [-0.15, -0.1) is 0 Å². The lowest BCUT2D eigenvalue weighted by Crippen LogP contribution is -2.26. The Bertz CT molecular complexity index is 671. The molecule has 118 valence electrons. The van der Waals surface area contributed by atoms with Gasteiger partial charge in [0, 0.05) is 23.6 Å². The van der Waals surface area contributed by atoms with E-state index in [0.29, 0.717) is 28.8 Å². The zero-order valence-electron chi connectivity index (χ0n) is 12.0. The third-order valence-corrected chi connectivity index (χ3v) is 4.37. The Labute approximate surface area is 136 Å². The summed E-state index contributed by atoms with van der Waals surface area (Å²) in [6.45, 7) is 0.831. The number of halogens is 1. The van der Waals surface area contributed by atoms with Crippen molar-refractivity contribution in [2.75, 3.05) is 20.3 Å². The van der Waals surface area contributed by atoms with Crippen LogP contribution in [0.4, 0.5) is 0 Å². The molecule has 0 saturated heterocycles. The molecule has 1 amide bonds. The van der Waals surface area contributed by atoms with Gasteiger partial charge in [0.15, 0.2) is 5.76 Å². The van der Waals surface area contributed by atoms with E-state index in [1.165, 1.54) is 0 Å². The molecular weight excluding hydrogens is 326 g/mol. The third-order valence-electron chi connectivity index (χ3n) is 2.81. The van der Waals surface area contributed by atoms with Gasteiger partial charge in [-0.2, -0.15) is 0 Å². The normalized spacial score (nSPS) is 12.1. The van der Waals surface area contributed by atoms with E-state index in [0.717, 1.165) is 0 Å². The van der Waals surface area contributed by atoms with E-state index >= 15 is 0 Å². The fourth-order valence-corrected chi connectivity index (χ4v) is 3.08. The number of nitrogens with one attached hydrogen (secondary N) is 1. The molecule has 2 aromatic rings. The SMILES string of the molecule is COCCNC(=O)c1ccc(C[S@](=O)c2cccc(Cl)c2)o1. The van der Waals surface area contributed by atoms with Crippen molar-refractivity contribution in [1.29, 1.82) is 0 Å². The lowest BCUT2D eigenvalue weighted by Gasteiger charge is -2.02. The van der Waals surface area contributed by atoms with Gasteiger partial charge < -0.3 is 14.5 Å². The van der Waals surface area contributed by atoms with E-state index in [2.05, 4.69) is 5.32 Å². The van der Waals surface area contributed by atoms with Gasteiger partial charge in [-0.05, 0) is 30.3 Å². The van der Waals surface area contributed by atoms with Crippen molar-refractivity contribution in [3.8, 4) is 0 Å². The fraction of sp³-hybridized carbons (Fsp3) is 0.267. The zero-order chi connectivity index (χ0) is 15.9. The molecule has 7 heteroatoms. The van der Waals surface area contributed by atoms with Gasteiger partial charge in [0.1, 0.15) is 5.76 Å². The topological polar surface area (TPSA) is 68.5 Å². The highest BCUT2D eigenvalue weighted by Crippen LogP contribution is 2.18. The van der Waals surface area contributed by atoms with Crippen LogP contribution in [-0.4, -0.2) is 30.4 Å². The standard InChI is InChI=1S/C15H16ClNO4S/c1-20-8-7-17-15(18)14-6-5-12(21-14)10-22(19)13-4-2-3-11(16)9-13/h2-6,9H,7-8,10H2,1H3,(H,17,18)/t22-/m0/s1. The first-order valence-corrected chi connectivity index (χ1v) is 8.29. The average molecular weight is 342 g/mol. The Morgan fingerprint density at radius 2 is 2.18 bits per heavy atom. The van der Waals surface area contributed by atoms with Gasteiger partial charge in [-0.3, -0.25) is 9.00 Å². The fourth-order valence-electron chi connectivity index (χ4n) is 1.75. The van der Waals surface area contributed by atoms with Crippen molar-refractivity contribution in [1.82, 2.24) is 5.32 Å². The summed E-state index contributed by atoms with van der Waals surface area (Å²) in [5, 5.41) is 3.19. The van der Waals surface area contributed by atoms with E-state index in [9.17, 15) is 9.00 Å². The molecule has 1 heterocycles. The first-order valence-electron chi connectivity index (χ1n) is 6.60. The number of amides is 1. The molecule has 5 nitrogen and oxygen atoms in total. The summed E-state index contributed by atoms with van der Waals surface area (Å²) in [7, 11) is 0.277. The predicted octanol–water partition coefficient (Wildman–Crippen LogP) is 2.62. The van der Waals surface area contributed by atoms with E-state index in [4.69, 9.17) is 20.8 Å². The highest BCUT2D eigenvalue weighted by Gasteiger charge is 2.13.